The van der Waals surface area contributed by atoms with Gasteiger partial charge >= 0.3 is 0 Å². The van der Waals surface area contributed by atoms with Crippen molar-refractivity contribution in [2.45, 2.75) is 0 Å². The van der Waals surface area contributed by atoms with E-state index in [0.717, 1.165) is 5.56 Å². The number of ether oxygens (including phenoxy) is 3. The van der Waals surface area contributed by atoms with E-state index in [1.165, 1.54) is 0 Å². The second kappa shape index (κ2) is 6.58. The van der Waals surface area contributed by atoms with E-state index in [0.29, 0.717) is 34.0 Å². The molecule has 0 amide bonds. The molecule has 0 bridgehead atoms. The SMILES string of the molecule is COc1cc(C=Cc2cc3c(O)cccc3o2)cc(OC)c1OC. The first-order valence-electron chi connectivity index (χ1n) is 7.36. The van der Waals surface area contributed by atoms with E-state index in [1.54, 1.807) is 39.5 Å². The minimum absolute atomic E-state index is 0.198. The molecule has 0 aliphatic rings. The van der Waals surface area contributed by atoms with Crippen LogP contribution in [0.5, 0.6) is 23.0 Å². The first-order chi connectivity index (χ1) is 11.7. The number of hydrogen-bond donors (Lipinski definition) is 1. The maximum Gasteiger partial charge on any atom is 0.203 e. The zero-order valence-corrected chi connectivity index (χ0v) is 13.7. The molecular weight excluding hydrogens is 308 g/mol. The number of fused-ring (bicyclic) bond motifs is 1. The summed E-state index contributed by atoms with van der Waals surface area (Å²) in [7, 11) is 4.72. The molecule has 2 aromatic carbocycles. The lowest BCUT2D eigenvalue weighted by molar-refractivity contribution is 0.324. The molecule has 0 aliphatic heterocycles. The Labute approximate surface area is 139 Å². The lowest BCUT2D eigenvalue weighted by Gasteiger charge is -2.12. The van der Waals surface area contributed by atoms with Gasteiger partial charge in [0, 0.05) is 0 Å². The van der Waals surface area contributed by atoms with Gasteiger partial charge in [-0.05, 0) is 42.0 Å². The molecular formula is C19H18O5. The van der Waals surface area contributed by atoms with Gasteiger partial charge in [-0.1, -0.05) is 12.1 Å². The molecule has 0 unspecified atom stereocenters. The van der Waals surface area contributed by atoms with Crippen molar-refractivity contribution in [3.63, 3.8) is 0 Å². The summed E-state index contributed by atoms with van der Waals surface area (Å²) < 4.78 is 21.7. The van der Waals surface area contributed by atoms with Crippen molar-refractivity contribution in [1.29, 1.82) is 0 Å². The van der Waals surface area contributed by atoms with Crippen LogP contribution in [0.3, 0.4) is 0 Å². The normalized spacial score (nSPS) is 11.1. The summed E-state index contributed by atoms with van der Waals surface area (Å²) in [6, 6.07) is 10.7. The first-order valence-corrected chi connectivity index (χ1v) is 7.36. The second-order valence-corrected chi connectivity index (χ2v) is 5.13. The molecule has 5 nitrogen and oxygen atoms in total. The van der Waals surface area contributed by atoms with Gasteiger partial charge in [-0.15, -0.1) is 0 Å². The lowest BCUT2D eigenvalue weighted by Crippen LogP contribution is -1.95. The van der Waals surface area contributed by atoms with Gasteiger partial charge in [0.1, 0.15) is 17.1 Å². The van der Waals surface area contributed by atoms with Crippen LogP contribution < -0.4 is 14.2 Å². The van der Waals surface area contributed by atoms with Crippen LogP contribution in [0.4, 0.5) is 0 Å². The van der Waals surface area contributed by atoms with Gasteiger partial charge < -0.3 is 23.7 Å². The highest BCUT2D eigenvalue weighted by Crippen LogP contribution is 2.38. The second-order valence-electron chi connectivity index (χ2n) is 5.13. The molecule has 124 valence electrons. The van der Waals surface area contributed by atoms with Crippen molar-refractivity contribution >= 4 is 23.1 Å². The predicted octanol–water partition coefficient (Wildman–Crippen LogP) is 4.33. The average Bonchev–Trinajstić information content (AvgIpc) is 3.03. The van der Waals surface area contributed by atoms with E-state index >= 15 is 0 Å². The molecule has 1 N–H and O–H groups in total. The van der Waals surface area contributed by atoms with Crippen LogP contribution in [-0.2, 0) is 0 Å². The third kappa shape index (κ3) is 2.88. The third-order valence-corrected chi connectivity index (χ3v) is 3.68. The van der Waals surface area contributed by atoms with Crippen LogP contribution in [0.15, 0.2) is 40.8 Å². The average molecular weight is 326 g/mol. The number of phenolic OH excluding ortho intramolecular Hbond substituents is 1. The Morgan fingerprint density at radius 2 is 1.62 bits per heavy atom. The summed E-state index contributed by atoms with van der Waals surface area (Å²) in [6.07, 6.45) is 3.69. The fourth-order valence-electron chi connectivity index (χ4n) is 2.52. The third-order valence-electron chi connectivity index (χ3n) is 3.68. The molecule has 3 rings (SSSR count). The lowest BCUT2D eigenvalue weighted by atomic mass is 10.1. The van der Waals surface area contributed by atoms with Crippen molar-refractivity contribution < 1.29 is 23.7 Å². The molecule has 1 heterocycles. The molecule has 3 aromatic rings. The van der Waals surface area contributed by atoms with Gasteiger partial charge in [0.15, 0.2) is 11.5 Å². The van der Waals surface area contributed by atoms with E-state index in [-0.39, 0.29) is 5.75 Å². The fraction of sp³-hybridized carbons (Fsp3) is 0.158. The zero-order valence-electron chi connectivity index (χ0n) is 13.7. The number of methoxy groups -OCH3 is 3. The Balaban J connectivity index is 1.97. The number of benzene rings is 2. The van der Waals surface area contributed by atoms with Gasteiger partial charge in [0.05, 0.1) is 26.7 Å². The number of aromatic hydroxyl groups is 1. The molecule has 0 spiro atoms. The Hall–Kier alpha value is -3.08. The molecule has 1 aromatic heterocycles. The van der Waals surface area contributed by atoms with Gasteiger partial charge in [0.25, 0.3) is 0 Å². The van der Waals surface area contributed by atoms with Crippen molar-refractivity contribution in [1.82, 2.24) is 0 Å². The minimum Gasteiger partial charge on any atom is -0.507 e. The van der Waals surface area contributed by atoms with E-state index in [9.17, 15) is 5.11 Å². The topological polar surface area (TPSA) is 61.1 Å². The summed E-state index contributed by atoms with van der Waals surface area (Å²) in [4.78, 5) is 0. The summed E-state index contributed by atoms with van der Waals surface area (Å²) in [5.41, 5.74) is 1.51. The highest BCUT2D eigenvalue weighted by Gasteiger charge is 2.12. The Morgan fingerprint density at radius 1 is 0.917 bits per heavy atom. The first kappa shape index (κ1) is 15.8. The van der Waals surface area contributed by atoms with Crippen LogP contribution in [0.1, 0.15) is 11.3 Å². The Bertz CT molecular complexity index is 867. The smallest absolute Gasteiger partial charge is 0.203 e. The van der Waals surface area contributed by atoms with Crippen molar-refractivity contribution in [2.75, 3.05) is 21.3 Å². The van der Waals surface area contributed by atoms with Crippen molar-refractivity contribution in [3.8, 4) is 23.0 Å². The van der Waals surface area contributed by atoms with Gasteiger partial charge in [-0.3, -0.25) is 0 Å². The molecule has 0 fully saturated rings. The van der Waals surface area contributed by atoms with Gasteiger partial charge in [-0.25, -0.2) is 0 Å². The van der Waals surface area contributed by atoms with Gasteiger partial charge in [-0.2, -0.15) is 0 Å². The molecule has 0 saturated heterocycles. The van der Waals surface area contributed by atoms with Crippen LogP contribution in [0, 0.1) is 0 Å². The Morgan fingerprint density at radius 3 is 2.21 bits per heavy atom. The summed E-state index contributed by atoms with van der Waals surface area (Å²) in [5, 5.41) is 10.5. The maximum absolute atomic E-state index is 9.83. The molecule has 0 radical (unpaired) electrons. The van der Waals surface area contributed by atoms with E-state index in [1.807, 2.05) is 30.4 Å². The van der Waals surface area contributed by atoms with E-state index in [4.69, 9.17) is 18.6 Å². The van der Waals surface area contributed by atoms with Crippen LogP contribution >= 0.6 is 0 Å². The van der Waals surface area contributed by atoms with E-state index in [2.05, 4.69) is 0 Å². The standard InChI is InChI=1S/C19H18O5/c1-21-17-9-12(10-18(22-2)19(17)23-3)7-8-13-11-14-15(20)5-4-6-16(14)24-13/h4-11,20H,1-3H3. The zero-order chi connectivity index (χ0) is 17.1. The molecule has 0 atom stereocenters. The highest BCUT2D eigenvalue weighted by atomic mass is 16.5. The van der Waals surface area contributed by atoms with Crippen LogP contribution in [0.25, 0.3) is 23.1 Å². The van der Waals surface area contributed by atoms with Crippen molar-refractivity contribution in [2.24, 2.45) is 0 Å². The van der Waals surface area contributed by atoms with E-state index < -0.39 is 0 Å². The minimum atomic E-state index is 0.198. The number of hydrogen-bond acceptors (Lipinski definition) is 5. The summed E-state index contributed by atoms with van der Waals surface area (Å²) in [6.45, 7) is 0. The van der Waals surface area contributed by atoms with Gasteiger partial charge in [0.2, 0.25) is 5.75 Å². The predicted molar refractivity (Wildman–Crippen MR) is 92.9 cm³/mol. The summed E-state index contributed by atoms with van der Waals surface area (Å²) in [5.74, 6) is 2.55. The highest BCUT2D eigenvalue weighted by molar-refractivity contribution is 5.87. The number of furan rings is 1. The fourth-order valence-corrected chi connectivity index (χ4v) is 2.52. The van der Waals surface area contributed by atoms with Crippen LogP contribution in [0.2, 0.25) is 0 Å². The monoisotopic (exact) mass is 326 g/mol. The number of phenols is 1. The van der Waals surface area contributed by atoms with Crippen LogP contribution in [-0.4, -0.2) is 26.4 Å². The molecule has 0 saturated carbocycles. The largest absolute Gasteiger partial charge is 0.507 e. The molecule has 5 heteroatoms. The van der Waals surface area contributed by atoms with Crippen molar-refractivity contribution in [3.05, 3.63) is 47.7 Å². The summed E-state index contributed by atoms with van der Waals surface area (Å²) >= 11 is 0. The Kier molecular flexibility index (Phi) is 4.33. The molecule has 0 aliphatic carbocycles. The molecule has 24 heavy (non-hydrogen) atoms. The number of rotatable bonds is 5. The quantitative estimate of drug-likeness (QED) is 0.756. The maximum atomic E-state index is 9.83.